The molecule has 2 aromatic rings. The molecule has 0 radical (unpaired) electrons. The van der Waals surface area contributed by atoms with Crippen LogP contribution in [0.15, 0.2) is 42.5 Å². The summed E-state index contributed by atoms with van der Waals surface area (Å²) in [6.45, 7) is 1.26. The molecule has 7 heteroatoms. The van der Waals surface area contributed by atoms with Crippen LogP contribution in [0.25, 0.3) is 0 Å². The number of rotatable bonds is 4. The summed E-state index contributed by atoms with van der Waals surface area (Å²) in [4.78, 5) is 22.8. The minimum absolute atomic E-state index is 0.0207. The Hall–Kier alpha value is -2.70. The first kappa shape index (κ1) is 16.8. The highest BCUT2D eigenvalue weighted by Gasteiger charge is 2.30. The molecule has 0 spiro atoms. The lowest BCUT2D eigenvalue weighted by molar-refractivity contribution is -0.129. The van der Waals surface area contributed by atoms with Crippen molar-refractivity contribution in [1.82, 2.24) is 19.4 Å². The molecule has 6 nitrogen and oxygen atoms in total. The Bertz CT molecular complexity index is 832. The molecule has 0 N–H and O–H groups in total. The number of carbonyl (C=O) groups excluding carboxylic acids is 1. The highest BCUT2D eigenvalue weighted by Crippen LogP contribution is 2.26. The molecule has 1 unspecified atom stereocenters. The van der Waals surface area contributed by atoms with E-state index in [1.165, 1.54) is 18.3 Å². The van der Waals surface area contributed by atoms with Crippen molar-refractivity contribution in [2.75, 3.05) is 13.2 Å². The molecule has 1 amide bonds. The molecular weight excluding hydrogens is 335 g/mol. The number of hydrogen-bond acceptors (Lipinski definition) is 4. The summed E-state index contributed by atoms with van der Waals surface area (Å²) in [5.74, 6) is -0.423. The highest BCUT2D eigenvalue weighted by molar-refractivity contribution is 5.93. The van der Waals surface area contributed by atoms with E-state index in [2.05, 4.69) is 16.0 Å². The Morgan fingerprint density at radius 2 is 2.31 bits per heavy atom. The van der Waals surface area contributed by atoms with Gasteiger partial charge in [-0.2, -0.15) is 0 Å². The Morgan fingerprint density at radius 1 is 1.38 bits per heavy atom. The predicted octanol–water partition coefficient (Wildman–Crippen LogP) is 2.88. The van der Waals surface area contributed by atoms with Crippen LogP contribution in [0.2, 0.25) is 0 Å². The van der Waals surface area contributed by atoms with Gasteiger partial charge < -0.3 is 14.2 Å². The van der Waals surface area contributed by atoms with Crippen LogP contribution in [0.4, 0.5) is 4.39 Å². The standard InChI is InChI=1S/C19H21FN4O2/c20-17-7-4-8-22-18(17)26-12-16-11-23(10-15-9-21-13-24(15)16)19(25)14-5-2-1-3-6-14/h4-5,7-9,13,16H,1-3,6,10-12H2. The smallest absolute Gasteiger partial charge is 0.250 e. The van der Waals surface area contributed by atoms with Gasteiger partial charge in [-0.15, -0.1) is 0 Å². The first-order valence-electron chi connectivity index (χ1n) is 8.94. The largest absolute Gasteiger partial charge is 0.473 e. The topological polar surface area (TPSA) is 60.2 Å². The summed E-state index contributed by atoms with van der Waals surface area (Å²) in [6, 6.07) is 2.71. The molecule has 1 aliphatic heterocycles. The van der Waals surface area contributed by atoms with Crippen molar-refractivity contribution in [3.63, 3.8) is 0 Å². The van der Waals surface area contributed by atoms with Gasteiger partial charge in [-0.1, -0.05) is 6.08 Å². The molecule has 1 atom stereocenters. The van der Waals surface area contributed by atoms with E-state index in [0.29, 0.717) is 13.1 Å². The van der Waals surface area contributed by atoms with Crippen LogP contribution < -0.4 is 4.74 Å². The minimum Gasteiger partial charge on any atom is -0.473 e. The van der Waals surface area contributed by atoms with E-state index in [4.69, 9.17) is 4.74 Å². The molecule has 26 heavy (non-hydrogen) atoms. The summed E-state index contributed by atoms with van der Waals surface area (Å²) in [5, 5.41) is 0. The first-order valence-corrected chi connectivity index (χ1v) is 8.94. The first-order chi connectivity index (χ1) is 12.7. The number of aromatic nitrogens is 3. The van der Waals surface area contributed by atoms with Crippen LogP contribution in [0, 0.1) is 5.82 Å². The zero-order valence-electron chi connectivity index (χ0n) is 14.5. The Balaban J connectivity index is 1.50. The summed E-state index contributed by atoms with van der Waals surface area (Å²) >= 11 is 0. The van der Waals surface area contributed by atoms with Crippen molar-refractivity contribution in [2.45, 2.75) is 38.3 Å². The average molecular weight is 356 g/mol. The van der Waals surface area contributed by atoms with Gasteiger partial charge in [0, 0.05) is 24.5 Å². The normalized spacial score (nSPS) is 19.7. The van der Waals surface area contributed by atoms with E-state index in [9.17, 15) is 9.18 Å². The number of carbonyl (C=O) groups is 1. The molecule has 3 heterocycles. The molecule has 2 aliphatic rings. The van der Waals surface area contributed by atoms with E-state index in [-0.39, 0.29) is 24.4 Å². The van der Waals surface area contributed by atoms with E-state index >= 15 is 0 Å². The second-order valence-corrected chi connectivity index (χ2v) is 6.71. The Labute approximate surface area is 151 Å². The number of allylic oxidation sites excluding steroid dienone is 1. The van der Waals surface area contributed by atoms with Gasteiger partial charge in [0.05, 0.1) is 24.6 Å². The fourth-order valence-corrected chi connectivity index (χ4v) is 3.56. The average Bonchev–Trinajstić information content (AvgIpc) is 3.16. The van der Waals surface area contributed by atoms with Crippen LogP contribution >= 0.6 is 0 Å². The molecule has 136 valence electrons. The molecular formula is C19H21FN4O2. The Kier molecular flexibility index (Phi) is 4.69. The van der Waals surface area contributed by atoms with Crippen LogP contribution in [0.5, 0.6) is 5.88 Å². The van der Waals surface area contributed by atoms with Crippen molar-refractivity contribution in [1.29, 1.82) is 0 Å². The summed E-state index contributed by atoms with van der Waals surface area (Å²) < 4.78 is 21.3. The van der Waals surface area contributed by atoms with Gasteiger partial charge in [0.1, 0.15) is 6.61 Å². The molecule has 0 fully saturated rings. The van der Waals surface area contributed by atoms with Crippen molar-refractivity contribution in [3.8, 4) is 5.88 Å². The predicted molar refractivity (Wildman–Crippen MR) is 92.9 cm³/mol. The number of pyridine rings is 1. The number of ether oxygens (including phenoxy) is 1. The SMILES string of the molecule is O=C(C1=CCCCC1)N1Cc2cncn2C(COc2ncccc2F)C1. The lowest BCUT2D eigenvalue weighted by atomic mass is 9.98. The summed E-state index contributed by atoms with van der Waals surface area (Å²) in [7, 11) is 0. The maximum absolute atomic E-state index is 13.7. The fraction of sp³-hybridized carbons (Fsp3) is 0.421. The number of amides is 1. The maximum Gasteiger partial charge on any atom is 0.250 e. The summed E-state index contributed by atoms with van der Waals surface area (Å²) in [6.07, 6.45) is 11.1. The van der Waals surface area contributed by atoms with Gasteiger partial charge in [-0.25, -0.2) is 14.4 Å². The van der Waals surface area contributed by atoms with Crippen LogP contribution in [0.3, 0.4) is 0 Å². The maximum atomic E-state index is 13.7. The van der Waals surface area contributed by atoms with E-state index in [1.54, 1.807) is 12.5 Å². The number of fused-ring (bicyclic) bond motifs is 1. The van der Waals surface area contributed by atoms with E-state index in [0.717, 1.165) is 37.0 Å². The van der Waals surface area contributed by atoms with Gasteiger partial charge >= 0.3 is 0 Å². The zero-order valence-corrected chi connectivity index (χ0v) is 14.5. The van der Waals surface area contributed by atoms with Crippen molar-refractivity contribution < 1.29 is 13.9 Å². The number of imidazole rings is 1. The lowest BCUT2D eigenvalue weighted by Gasteiger charge is -2.35. The quantitative estimate of drug-likeness (QED) is 0.845. The summed E-state index contributed by atoms with van der Waals surface area (Å²) in [5.41, 5.74) is 1.86. The molecule has 0 saturated heterocycles. The highest BCUT2D eigenvalue weighted by atomic mass is 19.1. The van der Waals surface area contributed by atoms with Gasteiger partial charge in [0.25, 0.3) is 0 Å². The lowest BCUT2D eigenvalue weighted by Crippen LogP contribution is -2.43. The second-order valence-electron chi connectivity index (χ2n) is 6.71. The third-order valence-corrected chi connectivity index (χ3v) is 4.91. The van der Waals surface area contributed by atoms with Gasteiger partial charge in [-0.3, -0.25) is 4.79 Å². The zero-order chi connectivity index (χ0) is 17.9. The van der Waals surface area contributed by atoms with Crippen molar-refractivity contribution in [3.05, 3.63) is 54.0 Å². The van der Waals surface area contributed by atoms with Crippen LogP contribution in [-0.2, 0) is 11.3 Å². The van der Waals surface area contributed by atoms with Gasteiger partial charge in [0.2, 0.25) is 11.8 Å². The number of halogens is 1. The van der Waals surface area contributed by atoms with Gasteiger partial charge in [0.15, 0.2) is 5.82 Å². The monoisotopic (exact) mass is 356 g/mol. The van der Waals surface area contributed by atoms with E-state index in [1.807, 2.05) is 9.47 Å². The van der Waals surface area contributed by atoms with Crippen LogP contribution in [-0.4, -0.2) is 38.5 Å². The molecule has 0 aromatic carbocycles. The van der Waals surface area contributed by atoms with Crippen molar-refractivity contribution in [2.24, 2.45) is 0 Å². The number of hydrogen-bond donors (Lipinski definition) is 0. The molecule has 4 rings (SSSR count). The molecule has 0 saturated carbocycles. The van der Waals surface area contributed by atoms with Crippen LogP contribution in [0.1, 0.15) is 37.4 Å². The molecule has 1 aliphatic carbocycles. The molecule has 0 bridgehead atoms. The van der Waals surface area contributed by atoms with E-state index < -0.39 is 5.82 Å². The fourth-order valence-electron chi connectivity index (χ4n) is 3.56. The minimum atomic E-state index is -0.491. The van der Waals surface area contributed by atoms with Gasteiger partial charge in [-0.05, 0) is 37.8 Å². The second kappa shape index (κ2) is 7.27. The van der Waals surface area contributed by atoms with Crippen molar-refractivity contribution >= 4 is 5.91 Å². The Morgan fingerprint density at radius 3 is 3.12 bits per heavy atom. The third kappa shape index (κ3) is 3.34. The third-order valence-electron chi connectivity index (χ3n) is 4.91. The molecule has 2 aromatic heterocycles. The number of nitrogens with zero attached hydrogens (tertiary/aromatic N) is 4.